The smallest absolute Gasteiger partial charge is 0.343 e. The molecule has 0 aliphatic rings. The first-order valence-corrected chi connectivity index (χ1v) is 12.1. The molecule has 8 heteroatoms. The molecule has 8 nitrogen and oxygen atoms in total. The summed E-state index contributed by atoms with van der Waals surface area (Å²) in [5, 5.41) is 0. The lowest BCUT2D eigenvalue weighted by molar-refractivity contribution is -0.148. The lowest BCUT2D eigenvalue weighted by atomic mass is 10.2. The number of esters is 2. The van der Waals surface area contributed by atoms with Crippen molar-refractivity contribution in [1.29, 1.82) is 0 Å². The topological polar surface area (TPSA) is 89.5 Å². The third kappa shape index (κ3) is 10.2. The number of benzene rings is 3. The van der Waals surface area contributed by atoms with Crippen molar-refractivity contribution in [3.8, 4) is 23.0 Å². The van der Waals surface area contributed by atoms with E-state index < -0.39 is 5.97 Å². The molecule has 0 aliphatic carbocycles. The molecule has 37 heavy (non-hydrogen) atoms. The molecule has 0 atom stereocenters. The summed E-state index contributed by atoms with van der Waals surface area (Å²) in [7, 11) is 0. The fourth-order valence-electron chi connectivity index (χ4n) is 3.06. The van der Waals surface area contributed by atoms with Crippen molar-refractivity contribution in [2.45, 2.75) is 26.7 Å². The van der Waals surface area contributed by atoms with E-state index in [1.165, 1.54) is 0 Å². The summed E-state index contributed by atoms with van der Waals surface area (Å²) in [6.45, 7) is 5.15. The van der Waals surface area contributed by atoms with E-state index in [2.05, 4.69) is 0 Å². The number of rotatable bonds is 15. The fraction of sp³-hybridized carbons (Fsp3) is 0.310. The minimum Gasteiger partial charge on any atom is -0.494 e. The molecule has 0 amide bonds. The predicted octanol–water partition coefficient (Wildman–Crippen LogP) is 5.37. The van der Waals surface area contributed by atoms with Crippen LogP contribution in [-0.4, -0.2) is 45.2 Å². The van der Waals surface area contributed by atoms with Gasteiger partial charge < -0.3 is 28.4 Å². The second-order valence-electron chi connectivity index (χ2n) is 8.02. The standard InChI is InChI=1S/C29H32O8/c1-3-32-20-28(30)34-19-5-4-18-33-24-12-8-23(9-13-24)29(31)37-27-16-14-26(15-17-27)36-21-35-25-10-6-22(2)7-11-25/h6-17H,3-5,18-21H2,1-2H3. The Kier molecular flexibility index (Phi) is 11.3. The van der Waals surface area contributed by atoms with Crippen molar-refractivity contribution in [3.63, 3.8) is 0 Å². The van der Waals surface area contributed by atoms with Crippen molar-refractivity contribution >= 4 is 11.9 Å². The Labute approximate surface area is 217 Å². The van der Waals surface area contributed by atoms with Crippen LogP contribution in [0.25, 0.3) is 0 Å². The third-order valence-corrected chi connectivity index (χ3v) is 5.09. The number of hydrogen-bond donors (Lipinski definition) is 0. The van der Waals surface area contributed by atoms with Gasteiger partial charge in [-0.15, -0.1) is 0 Å². The van der Waals surface area contributed by atoms with Gasteiger partial charge in [-0.25, -0.2) is 9.59 Å². The van der Waals surface area contributed by atoms with Crippen molar-refractivity contribution in [2.24, 2.45) is 0 Å². The van der Waals surface area contributed by atoms with Gasteiger partial charge in [-0.1, -0.05) is 17.7 Å². The Morgan fingerprint density at radius 1 is 0.676 bits per heavy atom. The third-order valence-electron chi connectivity index (χ3n) is 5.09. The summed E-state index contributed by atoms with van der Waals surface area (Å²) in [6, 6.07) is 21.1. The number of unbranched alkanes of at least 4 members (excludes halogenated alkanes) is 1. The molecule has 0 radical (unpaired) electrons. The first kappa shape index (κ1) is 27.5. The van der Waals surface area contributed by atoms with Crippen LogP contribution in [0.3, 0.4) is 0 Å². The summed E-state index contributed by atoms with van der Waals surface area (Å²) < 4.78 is 32.3. The van der Waals surface area contributed by atoms with Crippen LogP contribution in [-0.2, 0) is 14.3 Å². The largest absolute Gasteiger partial charge is 0.494 e. The second-order valence-corrected chi connectivity index (χ2v) is 8.02. The van der Waals surface area contributed by atoms with Gasteiger partial charge in [-0.05, 0) is 87.4 Å². The van der Waals surface area contributed by atoms with Gasteiger partial charge in [-0.2, -0.15) is 0 Å². The summed E-state index contributed by atoms with van der Waals surface area (Å²) in [5.41, 5.74) is 1.56. The molecule has 0 saturated heterocycles. The Morgan fingerprint density at radius 2 is 1.22 bits per heavy atom. The molecule has 0 bridgehead atoms. The quantitative estimate of drug-likeness (QED) is 0.117. The van der Waals surface area contributed by atoms with E-state index in [4.69, 9.17) is 28.4 Å². The highest BCUT2D eigenvalue weighted by atomic mass is 16.7. The first-order chi connectivity index (χ1) is 18.0. The predicted molar refractivity (Wildman–Crippen MR) is 137 cm³/mol. The van der Waals surface area contributed by atoms with Gasteiger partial charge in [0.25, 0.3) is 0 Å². The van der Waals surface area contributed by atoms with Crippen molar-refractivity contribution in [2.75, 3.05) is 33.2 Å². The van der Waals surface area contributed by atoms with Crippen LogP contribution >= 0.6 is 0 Å². The maximum absolute atomic E-state index is 12.5. The lowest BCUT2D eigenvalue weighted by Gasteiger charge is -2.10. The number of carbonyl (C=O) groups excluding carboxylic acids is 2. The number of aryl methyl sites for hydroxylation is 1. The average Bonchev–Trinajstić information content (AvgIpc) is 2.92. The molecular weight excluding hydrogens is 476 g/mol. The van der Waals surface area contributed by atoms with Crippen molar-refractivity contribution in [1.82, 2.24) is 0 Å². The molecule has 0 aliphatic heterocycles. The highest BCUT2D eigenvalue weighted by molar-refractivity contribution is 5.91. The van der Waals surface area contributed by atoms with Crippen LogP contribution in [0.1, 0.15) is 35.7 Å². The van der Waals surface area contributed by atoms with E-state index in [9.17, 15) is 9.59 Å². The summed E-state index contributed by atoms with van der Waals surface area (Å²) >= 11 is 0. The van der Waals surface area contributed by atoms with Crippen LogP contribution in [0.15, 0.2) is 72.8 Å². The van der Waals surface area contributed by atoms with Crippen molar-refractivity contribution in [3.05, 3.63) is 83.9 Å². The van der Waals surface area contributed by atoms with Gasteiger partial charge >= 0.3 is 11.9 Å². The lowest BCUT2D eigenvalue weighted by Crippen LogP contribution is -2.13. The molecule has 196 valence electrons. The Morgan fingerprint density at radius 3 is 1.86 bits per heavy atom. The summed E-state index contributed by atoms with van der Waals surface area (Å²) in [5.74, 6) is 1.52. The van der Waals surface area contributed by atoms with E-state index in [-0.39, 0.29) is 19.4 Å². The maximum Gasteiger partial charge on any atom is 0.343 e. The highest BCUT2D eigenvalue weighted by Gasteiger charge is 2.09. The minimum atomic E-state index is -0.475. The Bertz CT molecular complexity index is 1090. The van der Waals surface area contributed by atoms with Gasteiger partial charge in [0.2, 0.25) is 6.79 Å². The number of hydrogen-bond acceptors (Lipinski definition) is 8. The van der Waals surface area contributed by atoms with Gasteiger partial charge in [0.15, 0.2) is 0 Å². The molecule has 0 N–H and O–H groups in total. The Balaban J connectivity index is 1.33. The summed E-state index contributed by atoms with van der Waals surface area (Å²) in [4.78, 5) is 23.8. The average molecular weight is 509 g/mol. The molecular formula is C29H32O8. The SMILES string of the molecule is CCOCC(=O)OCCCCOc1ccc(C(=O)Oc2ccc(OCOc3ccc(C)cc3)cc2)cc1. The molecule has 0 heterocycles. The molecule has 0 saturated carbocycles. The van der Waals surface area contributed by atoms with Gasteiger partial charge in [0, 0.05) is 6.61 Å². The second kappa shape index (κ2) is 15.2. The summed E-state index contributed by atoms with van der Waals surface area (Å²) in [6.07, 6.45) is 1.41. The van der Waals surface area contributed by atoms with E-state index in [0.29, 0.717) is 49.1 Å². The Hall–Kier alpha value is -4.04. The molecule has 0 unspecified atom stereocenters. The molecule has 0 spiro atoms. The minimum absolute atomic E-state index is 0.0219. The first-order valence-electron chi connectivity index (χ1n) is 12.1. The van der Waals surface area contributed by atoms with E-state index in [1.807, 2.05) is 38.1 Å². The van der Waals surface area contributed by atoms with E-state index in [1.54, 1.807) is 48.5 Å². The van der Waals surface area contributed by atoms with E-state index >= 15 is 0 Å². The number of ether oxygens (including phenoxy) is 6. The normalized spacial score (nSPS) is 10.4. The van der Waals surface area contributed by atoms with Crippen LogP contribution in [0.2, 0.25) is 0 Å². The van der Waals surface area contributed by atoms with E-state index in [0.717, 1.165) is 17.7 Å². The monoisotopic (exact) mass is 508 g/mol. The molecule has 3 aromatic rings. The van der Waals surface area contributed by atoms with Gasteiger partial charge in [0.05, 0.1) is 18.8 Å². The van der Waals surface area contributed by atoms with Crippen LogP contribution < -0.4 is 18.9 Å². The zero-order chi connectivity index (χ0) is 26.3. The number of carbonyl (C=O) groups is 2. The highest BCUT2D eigenvalue weighted by Crippen LogP contribution is 2.20. The zero-order valence-electron chi connectivity index (χ0n) is 21.1. The molecule has 3 rings (SSSR count). The maximum atomic E-state index is 12.5. The molecule has 0 fully saturated rings. The van der Waals surface area contributed by atoms with Gasteiger partial charge in [-0.3, -0.25) is 0 Å². The fourth-order valence-corrected chi connectivity index (χ4v) is 3.06. The molecule has 3 aromatic carbocycles. The zero-order valence-corrected chi connectivity index (χ0v) is 21.1. The molecule has 0 aromatic heterocycles. The van der Waals surface area contributed by atoms with Crippen molar-refractivity contribution < 1.29 is 38.0 Å². The van der Waals surface area contributed by atoms with Crippen LogP contribution in [0.4, 0.5) is 0 Å². The van der Waals surface area contributed by atoms with Gasteiger partial charge in [0.1, 0.15) is 29.6 Å². The van der Waals surface area contributed by atoms with Crippen LogP contribution in [0, 0.1) is 6.92 Å². The van der Waals surface area contributed by atoms with Crippen LogP contribution in [0.5, 0.6) is 23.0 Å².